The fourth-order valence-corrected chi connectivity index (χ4v) is 2.21. The normalized spacial score (nSPS) is 19.2. The Bertz CT molecular complexity index is 417. The second-order valence-corrected chi connectivity index (χ2v) is 4.49. The molecule has 1 amide bonds. The first-order valence-electron chi connectivity index (χ1n) is 5.63. The van der Waals surface area contributed by atoms with Gasteiger partial charge in [-0.1, -0.05) is 17.7 Å². The van der Waals surface area contributed by atoms with Crippen molar-refractivity contribution in [2.24, 2.45) is 5.73 Å². The van der Waals surface area contributed by atoms with Crippen molar-refractivity contribution in [2.75, 3.05) is 13.2 Å². The summed E-state index contributed by atoms with van der Waals surface area (Å²) in [7, 11) is 0. The van der Waals surface area contributed by atoms with Crippen LogP contribution in [0.15, 0.2) is 18.2 Å². The van der Waals surface area contributed by atoms with E-state index < -0.39 is 5.91 Å². The predicted molar refractivity (Wildman–Crippen MR) is 66.5 cm³/mol. The van der Waals surface area contributed by atoms with Crippen molar-refractivity contribution < 1.29 is 9.53 Å². The summed E-state index contributed by atoms with van der Waals surface area (Å²) < 4.78 is 5.62. The molecule has 3 N–H and O–H groups in total. The van der Waals surface area contributed by atoms with E-state index in [1.54, 1.807) is 18.2 Å². The summed E-state index contributed by atoms with van der Waals surface area (Å²) in [5, 5.41) is 3.64. The number of amides is 1. The van der Waals surface area contributed by atoms with Gasteiger partial charge in [-0.15, -0.1) is 0 Å². The van der Waals surface area contributed by atoms with Crippen molar-refractivity contribution in [3.8, 4) is 5.75 Å². The highest BCUT2D eigenvalue weighted by atomic mass is 35.5. The Kier molecular flexibility index (Phi) is 3.86. The van der Waals surface area contributed by atoms with Crippen LogP contribution >= 0.6 is 11.6 Å². The lowest BCUT2D eigenvalue weighted by atomic mass is 10.2. The van der Waals surface area contributed by atoms with Gasteiger partial charge in [0, 0.05) is 6.04 Å². The van der Waals surface area contributed by atoms with Gasteiger partial charge in [-0.05, 0) is 31.5 Å². The van der Waals surface area contributed by atoms with Crippen molar-refractivity contribution in [1.82, 2.24) is 5.32 Å². The fraction of sp³-hybridized carbons (Fsp3) is 0.417. The van der Waals surface area contributed by atoms with Gasteiger partial charge in [0.2, 0.25) is 0 Å². The molecular weight excluding hydrogens is 240 g/mol. The summed E-state index contributed by atoms with van der Waals surface area (Å²) in [6.45, 7) is 1.55. The Morgan fingerprint density at radius 1 is 1.59 bits per heavy atom. The van der Waals surface area contributed by atoms with E-state index in [1.165, 1.54) is 0 Å². The molecule has 1 heterocycles. The van der Waals surface area contributed by atoms with Crippen molar-refractivity contribution in [3.05, 3.63) is 28.8 Å². The molecule has 92 valence electrons. The van der Waals surface area contributed by atoms with Gasteiger partial charge in [-0.3, -0.25) is 4.79 Å². The van der Waals surface area contributed by atoms with Crippen LogP contribution in [0, 0.1) is 0 Å². The van der Waals surface area contributed by atoms with E-state index >= 15 is 0 Å². The number of ether oxygens (including phenoxy) is 1. The van der Waals surface area contributed by atoms with Gasteiger partial charge >= 0.3 is 0 Å². The first kappa shape index (κ1) is 12.2. The molecule has 2 rings (SSSR count). The maximum Gasteiger partial charge on any atom is 0.253 e. The topological polar surface area (TPSA) is 64.4 Å². The molecule has 1 atom stereocenters. The van der Waals surface area contributed by atoms with E-state index in [-0.39, 0.29) is 5.56 Å². The van der Waals surface area contributed by atoms with Crippen molar-refractivity contribution >= 4 is 17.5 Å². The third-order valence-electron chi connectivity index (χ3n) is 2.82. The van der Waals surface area contributed by atoms with Crippen LogP contribution in [0.1, 0.15) is 23.2 Å². The van der Waals surface area contributed by atoms with Crippen LogP contribution in [0.3, 0.4) is 0 Å². The minimum atomic E-state index is -0.565. The molecule has 0 bridgehead atoms. The average molecular weight is 255 g/mol. The Morgan fingerprint density at radius 3 is 3.06 bits per heavy atom. The predicted octanol–water partition coefficient (Wildman–Crippen LogP) is 1.57. The molecule has 1 aromatic rings. The second kappa shape index (κ2) is 5.38. The zero-order chi connectivity index (χ0) is 12.3. The van der Waals surface area contributed by atoms with E-state index in [1.807, 2.05) is 0 Å². The van der Waals surface area contributed by atoms with Gasteiger partial charge in [0.25, 0.3) is 5.91 Å². The molecule has 0 radical (unpaired) electrons. The Morgan fingerprint density at radius 2 is 2.41 bits per heavy atom. The van der Waals surface area contributed by atoms with Gasteiger partial charge < -0.3 is 15.8 Å². The number of rotatable bonds is 4. The highest BCUT2D eigenvalue weighted by molar-refractivity contribution is 6.34. The molecule has 1 aliphatic heterocycles. The summed E-state index contributed by atoms with van der Waals surface area (Å²) in [6, 6.07) is 5.42. The van der Waals surface area contributed by atoms with Crippen LogP contribution in [0.5, 0.6) is 5.75 Å². The van der Waals surface area contributed by atoms with Crippen molar-refractivity contribution in [1.29, 1.82) is 0 Å². The number of nitrogens with one attached hydrogen (secondary N) is 1. The number of halogens is 1. The number of nitrogens with two attached hydrogens (primary N) is 1. The van der Waals surface area contributed by atoms with Crippen LogP contribution in [0.2, 0.25) is 5.02 Å². The molecule has 17 heavy (non-hydrogen) atoms. The molecule has 0 aliphatic carbocycles. The van der Waals surface area contributed by atoms with Gasteiger partial charge in [0.15, 0.2) is 0 Å². The fourth-order valence-electron chi connectivity index (χ4n) is 1.95. The molecule has 0 aromatic heterocycles. The smallest absolute Gasteiger partial charge is 0.253 e. The molecule has 1 saturated heterocycles. The Hall–Kier alpha value is -1.26. The van der Waals surface area contributed by atoms with Crippen molar-refractivity contribution in [3.63, 3.8) is 0 Å². The van der Waals surface area contributed by atoms with E-state index in [0.29, 0.717) is 23.4 Å². The third kappa shape index (κ3) is 2.90. The number of primary amides is 1. The number of hydrogen-bond acceptors (Lipinski definition) is 3. The Balaban J connectivity index is 2.09. The van der Waals surface area contributed by atoms with Gasteiger partial charge in [-0.25, -0.2) is 0 Å². The summed E-state index contributed by atoms with van der Waals surface area (Å²) >= 11 is 5.92. The first-order chi connectivity index (χ1) is 8.18. The zero-order valence-corrected chi connectivity index (χ0v) is 10.2. The SMILES string of the molecule is NC(=O)c1c(Cl)cccc1OCC1CCCN1. The summed E-state index contributed by atoms with van der Waals surface area (Å²) in [4.78, 5) is 11.3. The van der Waals surface area contributed by atoms with E-state index in [0.717, 1.165) is 19.4 Å². The lowest BCUT2D eigenvalue weighted by molar-refractivity contribution is 0.0996. The quantitative estimate of drug-likeness (QED) is 0.857. The van der Waals surface area contributed by atoms with Crippen LogP contribution in [-0.2, 0) is 0 Å². The maximum atomic E-state index is 11.3. The van der Waals surface area contributed by atoms with Crippen LogP contribution in [0.25, 0.3) is 0 Å². The third-order valence-corrected chi connectivity index (χ3v) is 3.14. The molecular formula is C12H15ClN2O2. The van der Waals surface area contributed by atoms with Crippen LogP contribution in [0.4, 0.5) is 0 Å². The monoisotopic (exact) mass is 254 g/mol. The molecule has 5 heteroatoms. The molecule has 4 nitrogen and oxygen atoms in total. The first-order valence-corrected chi connectivity index (χ1v) is 6.01. The molecule has 1 aliphatic rings. The molecule has 1 fully saturated rings. The highest BCUT2D eigenvalue weighted by Gasteiger charge is 2.17. The summed E-state index contributed by atoms with van der Waals surface area (Å²) in [5.74, 6) is -0.108. The standard InChI is InChI=1S/C12H15ClN2O2/c13-9-4-1-5-10(11(9)12(14)16)17-7-8-3-2-6-15-8/h1,4-5,8,15H,2-3,6-7H2,(H2,14,16). The van der Waals surface area contributed by atoms with Crippen molar-refractivity contribution in [2.45, 2.75) is 18.9 Å². The number of carbonyl (C=O) groups excluding carboxylic acids is 1. The lowest BCUT2D eigenvalue weighted by Gasteiger charge is -2.14. The van der Waals surface area contributed by atoms with Gasteiger partial charge in [0.1, 0.15) is 12.4 Å². The molecule has 1 aromatic carbocycles. The summed E-state index contributed by atoms with van der Waals surface area (Å²) in [6.07, 6.45) is 2.25. The lowest BCUT2D eigenvalue weighted by Crippen LogP contribution is -2.28. The number of carbonyl (C=O) groups is 1. The average Bonchev–Trinajstić information content (AvgIpc) is 2.78. The minimum Gasteiger partial charge on any atom is -0.491 e. The summed E-state index contributed by atoms with van der Waals surface area (Å²) in [5.41, 5.74) is 5.54. The molecule has 1 unspecified atom stereocenters. The molecule has 0 saturated carbocycles. The van der Waals surface area contributed by atoms with Crippen LogP contribution in [-0.4, -0.2) is 25.1 Å². The van der Waals surface area contributed by atoms with E-state index in [4.69, 9.17) is 22.1 Å². The largest absolute Gasteiger partial charge is 0.491 e. The number of hydrogen-bond donors (Lipinski definition) is 2. The van der Waals surface area contributed by atoms with E-state index in [2.05, 4.69) is 5.32 Å². The van der Waals surface area contributed by atoms with Gasteiger partial charge in [-0.2, -0.15) is 0 Å². The minimum absolute atomic E-state index is 0.257. The maximum absolute atomic E-state index is 11.3. The van der Waals surface area contributed by atoms with Crippen LogP contribution < -0.4 is 15.8 Å². The van der Waals surface area contributed by atoms with Gasteiger partial charge in [0.05, 0.1) is 10.6 Å². The number of benzene rings is 1. The Labute approximate surface area is 105 Å². The molecule has 0 spiro atoms. The second-order valence-electron chi connectivity index (χ2n) is 4.08. The highest BCUT2D eigenvalue weighted by Crippen LogP contribution is 2.26. The zero-order valence-electron chi connectivity index (χ0n) is 9.41. The van der Waals surface area contributed by atoms with E-state index in [9.17, 15) is 4.79 Å².